The zero-order valence-electron chi connectivity index (χ0n) is 31.7. The summed E-state index contributed by atoms with van der Waals surface area (Å²) in [4.78, 5) is 2.50. The van der Waals surface area contributed by atoms with E-state index in [1.54, 1.807) is 0 Å². The Morgan fingerprint density at radius 2 is 1.11 bits per heavy atom. The molecule has 0 N–H and O–H groups in total. The van der Waals surface area contributed by atoms with Gasteiger partial charge in [-0.15, -0.1) is 0 Å². The number of hydrogen-bond donors (Lipinski definition) is 0. The lowest BCUT2D eigenvalue weighted by atomic mass is 9.97. The van der Waals surface area contributed by atoms with E-state index >= 15 is 0 Å². The zero-order chi connectivity index (χ0) is 38.0. The largest absolute Gasteiger partial charge is 0.309 e. The Labute approximate surface area is 332 Å². The minimum Gasteiger partial charge on any atom is -0.309 e. The summed E-state index contributed by atoms with van der Waals surface area (Å²) in [5.74, 6) is 0. The highest BCUT2D eigenvalue weighted by molar-refractivity contribution is 6.13. The molecule has 0 unspecified atom stereocenters. The van der Waals surface area contributed by atoms with Crippen LogP contribution in [0.5, 0.6) is 0 Å². The van der Waals surface area contributed by atoms with Crippen molar-refractivity contribution in [2.75, 3.05) is 4.90 Å². The van der Waals surface area contributed by atoms with Gasteiger partial charge in [0.1, 0.15) is 0 Å². The molecule has 10 aromatic rings. The third kappa shape index (κ3) is 5.11. The lowest BCUT2D eigenvalue weighted by Crippen LogP contribution is -2.25. The number of anilines is 3. The molecule has 0 spiro atoms. The molecule has 1 aromatic heterocycles. The van der Waals surface area contributed by atoms with Gasteiger partial charge in [-0.1, -0.05) is 164 Å². The Kier molecular flexibility index (Phi) is 7.58. The molecule has 1 aliphatic rings. The second-order valence-corrected chi connectivity index (χ2v) is 15.0. The van der Waals surface area contributed by atoms with E-state index in [0.717, 1.165) is 28.0 Å². The van der Waals surface area contributed by atoms with E-state index in [1.165, 1.54) is 82.3 Å². The molecule has 1 aliphatic carbocycles. The van der Waals surface area contributed by atoms with Crippen molar-refractivity contribution in [2.24, 2.45) is 0 Å². The molecule has 1 heterocycles. The minimum atomic E-state index is 1.03. The van der Waals surface area contributed by atoms with Gasteiger partial charge < -0.3 is 9.47 Å². The summed E-state index contributed by atoms with van der Waals surface area (Å²) in [6.07, 6.45) is 0. The number of benzene rings is 9. The molecule has 0 radical (unpaired) electrons. The van der Waals surface area contributed by atoms with Crippen molar-refractivity contribution in [2.45, 2.75) is 6.92 Å². The van der Waals surface area contributed by atoms with Crippen molar-refractivity contribution in [3.63, 3.8) is 0 Å². The van der Waals surface area contributed by atoms with Crippen molar-refractivity contribution in [1.82, 2.24) is 4.57 Å². The molecule has 57 heavy (non-hydrogen) atoms. The Bertz CT molecular complexity index is 3330. The van der Waals surface area contributed by atoms with Crippen LogP contribution in [0.15, 0.2) is 200 Å². The fourth-order valence-corrected chi connectivity index (χ4v) is 9.31. The lowest BCUT2D eigenvalue weighted by Gasteiger charge is -2.29. The second kappa shape index (κ2) is 13.1. The third-order valence-corrected chi connectivity index (χ3v) is 11.8. The molecule has 0 atom stereocenters. The van der Waals surface area contributed by atoms with Gasteiger partial charge in [-0.2, -0.15) is 0 Å². The van der Waals surface area contributed by atoms with Crippen LogP contribution in [-0.2, 0) is 0 Å². The molecule has 0 saturated carbocycles. The van der Waals surface area contributed by atoms with Gasteiger partial charge in [-0.25, -0.2) is 0 Å². The second-order valence-electron chi connectivity index (χ2n) is 15.0. The highest BCUT2D eigenvalue weighted by Crippen LogP contribution is 2.52. The molecule has 0 aliphatic heterocycles. The first-order valence-electron chi connectivity index (χ1n) is 19.6. The number of hydrogen-bond acceptors (Lipinski definition) is 1. The van der Waals surface area contributed by atoms with Gasteiger partial charge in [-0.05, 0) is 98.6 Å². The lowest BCUT2D eigenvalue weighted by molar-refractivity contribution is 1.18. The average Bonchev–Trinajstić information content (AvgIpc) is 3.78. The highest BCUT2D eigenvalue weighted by atomic mass is 15.1. The molecule has 0 amide bonds. The van der Waals surface area contributed by atoms with Crippen LogP contribution in [0.2, 0.25) is 0 Å². The molecule has 0 fully saturated rings. The molecule has 0 bridgehead atoms. The van der Waals surface area contributed by atoms with Crippen LogP contribution in [0.3, 0.4) is 0 Å². The molecule has 9 aromatic carbocycles. The fraction of sp³-hybridized carbons (Fsp3) is 0.0182. The predicted molar refractivity (Wildman–Crippen MR) is 241 cm³/mol. The maximum Gasteiger partial charge on any atom is 0.0546 e. The van der Waals surface area contributed by atoms with E-state index < -0.39 is 0 Å². The number of aromatic nitrogens is 1. The van der Waals surface area contributed by atoms with Crippen molar-refractivity contribution in [1.29, 1.82) is 0 Å². The summed E-state index contributed by atoms with van der Waals surface area (Å²) in [6.45, 7) is 6.73. The summed E-state index contributed by atoms with van der Waals surface area (Å²) in [5.41, 5.74) is 16.8. The Morgan fingerprint density at radius 1 is 0.456 bits per heavy atom. The summed E-state index contributed by atoms with van der Waals surface area (Å²) in [5, 5.41) is 7.03. The smallest absolute Gasteiger partial charge is 0.0546 e. The summed E-state index contributed by atoms with van der Waals surface area (Å²) in [6, 6.07) is 72.8. The first kappa shape index (κ1) is 33.0. The van der Waals surface area contributed by atoms with Crippen LogP contribution in [-0.4, -0.2) is 4.57 Å². The van der Waals surface area contributed by atoms with Crippen LogP contribution in [0.4, 0.5) is 17.1 Å². The van der Waals surface area contributed by atoms with Gasteiger partial charge in [0, 0.05) is 33.0 Å². The SMILES string of the molecule is C=c1cccc/c1=C1\c2cccc(N(c3ccc4c(c3)c3ccccc3n4-c3ccccc3-c3ccccc3)c3cccc4ccccc34)c2-c2cccc(C)c21. The third-order valence-electron chi connectivity index (χ3n) is 11.8. The van der Waals surface area contributed by atoms with Gasteiger partial charge in [-0.3, -0.25) is 0 Å². The van der Waals surface area contributed by atoms with Gasteiger partial charge in [0.2, 0.25) is 0 Å². The Morgan fingerprint density at radius 3 is 2.00 bits per heavy atom. The van der Waals surface area contributed by atoms with Gasteiger partial charge in [0.25, 0.3) is 0 Å². The number of rotatable bonds is 5. The molecule has 0 saturated heterocycles. The minimum absolute atomic E-state index is 1.03. The number of aryl methyl sites for hydroxylation is 1. The van der Waals surface area contributed by atoms with Gasteiger partial charge in [0.05, 0.1) is 28.1 Å². The maximum atomic E-state index is 4.49. The van der Waals surface area contributed by atoms with E-state index in [1.807, 2.05) is 0 Å². The molecular weight excluding hydrogens is 689 g/mol. The number of fused-ring (bicyclic) bond motifs is 7. The van der Waals surface area contributed by atoms with Crippen molar-refractivity contribution in [3.8, 4) is 27.9 Å². The average molecular weight is 727 g/mol. The zero-order valence-corrected chi connectivity index (χ0v) is 31.7. The maximum absolute atomic E-state index is 4.49. The van der Waals surface area contributed by atoms with Gasteiger partial charge >= 0.3 is 0 Å². The van der Waals surface area contributed by atoms with E-state index in [2.05, 4.69) is 223 Å². The van der Waals surface area contributed by atoms with Gasteiger partial charge in [0.15, 0.2) is 0 Å². The highest BCUT2D eigenvalue weighted by Gasteiger charge is 2.31. The normalized spacial score (nSPS) is 12.9. The topological polar surface area (TPSA) is 8.17 Å². The summed E-state index contributed by atoms with van der Waals surface area (Å²) < 4.78 is 2.44. The monoisotopic (exact) mass is 726 g/mol. The predicted octanol–water partition coefficient (Wildman–Crippen LogP) is 13.0. The Hall–Kier alpha value is -7.42. The van der Waals surface area contributed by atoms with E-state index in [9.17, 15) is 0 Å². The van der Waals surface area contributed by atoms with Crippen LogP contribution in [0.25, 0.3) is 72.7 Å². The van der Waals surface area contributed by atoms with Crippen molar-refractivity contribution >= 4 is 61.8 Å². The van der Waals surface area contributed by atoms with Crippen molar-refractivity contribution < 1.29 is 0 Å². The fourth-order valence-electron chi connectivity index (χ4n) is 9.31. The van der Waals surface area contributed by atoms with E-state index in [0.29, 0.717) is 0 Å². The Balaban J connectivity index is 1.22. The number of para-hydroxylation sites is 2. The van der Waals surface area contributed by atoms with Crippen LogP contribution in [0.1, 0.15) is 16.7 Å². The first-order valence-corrected chi connectivity index (χ1v) is 19.6. The summed E-state index contributed by atoms with van der Waals surface area (Å²) in [7, 11) is 0. The standard InChI is InChI=1S/C55H38N2/c1-36-17-6-8-23-41(36)55-46-28-16-32-52(54(46)45-27-14-18-37(2)53(45)55)56(48-31-15-22-39-21-7-9-24-42(39)48)40-33-34-51-47(35-40)44-26-11-13-30-50(44)57(51)49-29-12-10-25-43(49)38-19-4-3-5-20-38/h3-35H,1H2,2H3/b55-41-. The quantitative estimate of drug-likeness (QED) is 0.171. The summed E-state index contributed by atoms with van der Waals surface area (Å²) >= 11 is 0. The van der Waals surface area contributed by atoms with Crippen molar-refractivity contribution in [3.05, 3.63) is 227 Å². The van der Waals surface area contributed by atoms with Crippen LogP contribution < -0.4 is 15.3 Å². The van der Waals surface area contributed by atoms with E-state index in [4.69, 9.17) is 0 Å². The number of nitrogens with zero attached hydrogens (tertiary/aromatic N) is 2. The molecule has 2 nitrogen and oxygen atoms in total. The van der Waals surface area contributed by atoms with Crippen LogP contribution >= 0.6 is 0 Å². The first-order chi connectivity index (χ1) is 28.2. The molecular formula is C55H38N2. The molecule has 11 rings (SSSR count). The van der Waals surface area contributed by atoms with E-state index in [-0.39, 0.29) is 0 Å². The molecule has 2 heteroatoms. The van der Waals surface area contributed by atoms with Crippen LogP contribution in [0, 0.1) is 6.92 Å². The molecule has 268 valence electrons.